The van der Waals surface area contributed by atoms with E-state index in [1.54, 1.807) is 12.1 Å². The normalized spacial score (nSPS) is 11.8. The summed E-state index contributed by atoms with van der Waals surface area (Å²) in [5, 5.41) is 3.56. The molecule has 0 aliphatic carbocycles. The monoisotopic (exact) mass is 276 g/mol. The van der Waals surface area contributed by atoms with E-state index >= 15 is 0 Å². The number of anilines is 1. The number of rotatable bonds is 1. The number of aryl methyl sites for hydroxylation is 1. The fourth-order valence-corrected chi connectivity index (χ4v) is 1.72. The minimum atomic E-state index is -4.64. The van der Waals surface area contributed by atoms with Crippen LogP contribution in [0.15, 0.2) is 18.2 Å². The molecule has 0 spiro atoms. The van der Waals surface area contributed by atoms with Crippen LogP contribution in [0.25, 0.3) is 5.69 Å². The third-order valence-electron chi connectivity index (χ3n) is 2.22. The smallest absolute Gasteiger partial charge is 0.368 e. The Labute approximate surface area is 105 Å². The van der Waals surface area contributed by atoms with Crippen molar-refractivity contribution in [3.8, 4) is 5.69 Å². The third kappa shape index (κ3) is 2.26. The number of benzene rings is 1. The highest BCUT2D eigenvalue weighted by Gasteiger charge is 2.37. The van der Waals surface area contributed by atoms with Crippen LogP contribution in [0.5, 0.6) is 0 Å². The summed E-state index contributed by atoms with van der Waals surface area (Å²) in [6, 6.07) is 4.82. The Morgan fingerprint density at radius 3 is 2.50 bits per heavy atom. The Hall–Kier alpha value is -1.76. The molecule has 96 valence electrons. The molecule has 1 aromatic heterocycles. The van der Waals surface area contributed by atoms with Crippen LogP contribution < -0.4 is 5.73 Å². The van der Waals surface area contributed by atoms with Crippen molar-refractivity contribution in [3.63, 3.8) is 0 Å². The van der Waals surface area contributed by atoms with Crippen molar-refractivity contribution < 1.29 is 13.2 Å². The van der Waals surface area contributed by atoms with Crippen LogP contribution >= 0.6 is 11.6 Å². The third-order valence-corrected chi connectivity index (χ3v) is 2.52. The first-order valence-electron chi connectivity index (χ1n) is 4.85. The lowest BCUT2D eigenvalue weighted by atomic mass is 10.2. The molecule has 0 saturated heterocycles. The summed E-state index contributed by atoms with van der Waals surface area (Å²) in [6.45, 7) is 1.81. The maximum Gasteiger partial charge on any atom is 0.453 e. The molecule has 1 heterocycles. The summed E-state index contributed by atoms with van der Waals surface area (Å²) in [7, 11) is 0. The minimum absolute atomic E-state index is 0.250. The first kappa shape index (κ1) is 12.7. The number of alkyl halides is 3. The zero-order valence-electron chi connectivity index (χ0n) is 9.16. The number of nitrogen functional groups attached to an aromatic ring is 1. The van der Waals surface area contributed by atoms with E-state index in [-0.39, 0.29) is 16.7 Å². The first-order chi connectivity index (χ1) is 8.29. The molecule has 2 aromatic rings. The van der Waals surface area contributed by atoms with Gasteiger partial charge in [0.1, 0.15) is 0 Å². The van der Waals surface area contributed by atoms with Crippen LogP contribution in [-0.2, 0) is 6.18 Å². The lowest BCUT2D eigenvalue weighted by Crippen LogP contribution is -2.08. The van der Waals surface area contributed by atoms with Gasteiger partial charge in [-0.1, -0.05) is 17.7 Å². The molecule has 0 fully saturated rings. The van der Waals surface area contributed by atoms with Crippen LogP contribution in [-0.4, -0.2) is 14.8 Å². The Morgan fingerprint density at radius 1 is 1.33 bits per heavy atom. The molecule has 0 unspecified atom stereocenters. The summed E-state index contributed by atoms with van der Waals surface area (Å²) in [5.41, 5.74) is 6.53. The second-order valence-corrected chi connectivity index (χ2v) is 4.07. The van der Waals surface area contributed by atoms with Gasteiger partial charge in [0.05, 0.1) is 10.7 Å². The molecule has 4 nitrogen and oxygen atoms in total. The van der Waals surface area contributed by atoms with E-state index in [1.807, 2.05) is 6.92 Å². The molecule has 0 aliphatic rings. The van der Waals surface area contributed by atoms with E-state index in [2.05, 4.69) is 10.1 Å². The number of aromatic nitrogens is 3. The zero-order valence-corrected chi connectivity index (χ0v) is 9.92. The van der Waals surface area contributed by atoms with Gasteiger partial charge in [-0.25, -0.2) is 0 Å². The summed E-state index contributed by atoms with van der Waals surface area (Å²) < 4.78 is 38.2. The van der Waals surface area contributed by atoms with Crippen LogP contribution in [0, 0.1) is 6.92 Å². The van der Waals surface area contributed by atoms with Gasteiger partial charge < -0.3 is 5.73 Å². The minimum Gasteiger partial charge on any atom is -0.368 e. The Balaban J connectivity index is 2.55. The van der Waals surface area contributed by atoms with Gasteiger partial charge >= 0.3 is 6.18 Å². The summed E-state index contributed by atoms with van der Waals surface area (Å²) in [5.74, 6) is -1.66. The Morgan fingerprint density at radius 2 is 2.00 bits per heavy atom. The molecule has 0 aliphatic heterocycles. The molecule has 2 N–H and O–H groups in total. The van der Waals surface area contributed by atoms with E-state index in [4.69, 9.17) is 17.3 Å². The van der Waals surface area contributed by atoms with E-state index in [0.29, 0.717) is 0 Å². The summed E-state index contributed by atoms with van der Waals surface area (Å²) in [6.07, 6.45) is -4.64. The quantitative estimate of drug-likeness (QED) is 0.871. The van der Waals surface area contributed by atoms with Gasteiger partial charge in [0, 0.05) is 0 Å². The van der Waals surface area contributed by atoms with E-state index in [9.17, 15) is 13.2 Å². The molecular weight excluding hydrogens is 269 g/mol. The predicted octanol–water partition coefficient (Wildman–Crippen LogP) is 2.83. The fraction of sp³-hybridized carbons (Fsp3) is 0.200. The van der Waals surface area contributed by atoms with Crippen LogP contribution in [0.2, 0.25) is 5.02 Å². The highest BCUT2D eigenvalue weighted by Crippen LogP contribution is 2.29. The van der Waals surface area contributed by atoms with Crippen molar-refractivity contribution in [2.45, 2.75) is 13.1 Å². The zero-order chi connectivity index (χ0) is 13.5. The Bertz CT molecular complexity index is 591. The van der Waals surface area contributed by atoms with E-state index in [0.717, 1.165) is 10.2 Å². The number of nitrogens with zero attached hydrogens (tertiary/aromatic N) is 3. The van der Waals surface area contributed by atoms with Crippen molar-refractivity contribution in [1.82, 2.24) is 14.8 Å². The molecule has 0 saturated carbocycles. The van der Waals surface area contributed by atoms with Crippen molar-refractivity contribution in [2.75, 3.05) is 5.73 Å². The standard InChI is InChI=1S/C10H8ClF3N4/c1-5-2-3-7(6(11)4-5)18-9(15)16-8(17-18)10(12,13)14/h2-4H,1H3,(H2,15,16,17). The second-order valence-electron chi connectivity index (χ2n) is 3.66. The highest BCUT2D eigenvalue weighted by molar-refractivity contribution is 6.32. The maximum atomic E-state index is 12.4. The van der Waals surface area contributed by atoms with Crippen molar-refractivity contribution in [2.24, 2.45) is 0 Å². The fourth-order valence-electron chi connectivity index (χ4n) is 1.41. The van der Waals surface area contributed by atoms with Gasteiger partial charge in [-0.2, -0.15) is 22.8 Å². The van der Waals surface area contributed by atoms with Crippen molar-refractivity contribution >= 4 is 17.5 Å². The van der Waals surface area contributed by atoms with E-state index < -0.39 is 12.0 Å². The van der Waals surface area contributed by atoms with E-state index in [1.165, 1.54) is 6.07 Å². The largest absolute Gasteiger partial charge is 0.453 e. The molecule has 2 rings (SSSR count). The first-order valence-corrected chi connectivity index (χ1v) is 5.23. The van der Waals surface area contributed by atoms with Crippen LogP contribution in [0.4, 0.5) is 19.1 Å². The van der Waals surface area contributed by atoms with Gasteiger partial charge in [0.15, 0.2) is 0 Å². The molecule has 1 aromatic carbocycles. The summed E-state index contributed by atoms with van der Waals surface area (Å²) in [4.78, 5) is 3.17. The molecule has 0 bridgehead atoms. The average molecular weight is 277 g/mol. The highest BCUT2D eigenvalue weighted by atomic mass is 35.5. The van der Waals surface area contributed by atoms with Crippen molar-refractivity contribution in [1.29, 1.82) is 0 Å². The second kappa shape index (κ2) is 4.16. The predicted molar refractivity (Wildman–Crippen MR) is 60.5 cm³/mol. The maximum absolute atomic E-state index is 12.4. The molecule has 18 heavy (non-hydrogen) atoms. The lowest BCUT2D eigenvalue weighted by molar-refractivity contribution is -0.144. The molecule has 0 radical (unpaired) electrons. The van der Waals surface area contributed by atoms with Gasteiger partial charge in [-0.3, -0.25) is 0 Å². The molecule has 0 amide bonds. The Kier molecular flexibility index (Phi) is 2.94. The molecule has 8 heteroatoms. The lowest BCUT2D eigenvalue weighted by Gasteiger charge is -2.05. The topological polar surface area (TPSA) is 56.7 Å². The van der Waals surface area contributed by atoms with Gasteiger partial charge in [-0.15, -0.1) is 5.10 Å². The molecule has 0 atom stereocenters. The van der Waals surface area contributed by atoms with Gasteiger partial charge in [0.2, 0.25) is 5.95 Å². The van der Waals surface area contributed by atoms with Gasteiger partial charge in [-0.05, 0) is 24.6 Å². The van der Waals surface area contributed by atoms with Crippen LogP contribution in [0.1, 0.15) is 11.4 Å². The SMILES string of the molecule is Cc1ccc(-n2nc(C(F)(F)F)nc2N)c(Cl)c1. The average Bonchev–Trinajstić information content (AvgIpc) is 2.60. The molecular formula is C10H8ClF3N4. The van der Waals surface area contributed by atoms with Gasteiger partial charge in [0.25, 0.3) is 5.82 Å². The number of nitrogens with two attached hydrogens (primary N) is 1. The van der Waals surface area contributed by atoms with Crippen LogP contribution in [0.3, 0.4) is 0 Å². The summed E-state index contributed by atoms with van der Waals surface area (Å²) >= 11 is 5.93. The number of hydrogen-bond donors (Lipinski definition) is 1. The number of halogens is 4. The van der Waals surface area contributed by atoms with Crippen molar-refractivity contribution in [3.05, 3.63) is 34.6 Å². The number of hydrogen-bond acceptors (Lipinski definition) is 3.